The molecule has 5 nitrogen and oxygen atoms in total. The maximum atomic E-state index is 12.5. The number of aliphatic hydroxyl groups is 3. The van der Waals surface area contributed by atoms with Gasteiger partial charge in [-0.1, -0.05) is 275 Å². The quantitative estimate of drug-likeness (QED) is 0.0361. The molecule has 4 N–H and O–H groups in total. The largest absolute Gasteiger partial charge is 0.394 e. The molecule has 5 heteroatoms. The van der Waals surface area contributed by atoms with Gasteiger partial charge in [0.25, 0.3) is 0 Å². The third kappa shape index (κ3) is 50.4. The maximum absolute atomic E-state index is 12.5. The second-order valence-corrected chi connectivity index (χ2v) is 20.5. The molecule has 0 aromatic heterocycles. The number of nitrogens with one attached hydrogen (secondary N) is 1. The van der Waals surface area contributed by atoms with E-state index in [9.17, 15) is 20.1 Å². The Balaban J connectivity index is 3.57. The predicted molar refractivity (Wildman–Crippen MR) is 291 cm³/mol. The van der Waals surface area contributed by atoms with Crippen molar-refractivity contribution in [1.82, 2.24) is 5.32 Å². The highest BCUT2D eigenvalue weighted by Gasteiger charge is 2.26. The number of amides is 1. The Morgan fingerprint density at radius 2 is 0.621 bits per heavy atom. The normalized spacial score (nSPS) is 13.5. The van der Waals surface area contributed by atoms with E-state index < -0.39 is 18.2 Å². The van der Waals surface area contributed by atoms with Gasteiger partial charge in [-0.3, -0.25) is 4.79 Å². The fourth-order valence-electron chi connectivity index (χ4n) is 9.35. The van der Waals surface area contributed by atoms with Crippen LogP contribution in [-0.4, -0.2) is 46.1 Å². The molecule has 0 aliphatic rings. The Morgan fingerprint density at radius 3 is 0.924 bits per heavy atom. The molecule has 0 fully saturated rings. The smallest absolute Gasteiger partial charge is 0.220 e. The number of allylic oxidation sites excluding steroid dienone is 6. The van der Waals surface area contributed by atoms with Crippen molar-refractivity contribution in [2.24, 2.45) is 0 Å². The molecule has 0 rings (SSSR count). The van der Waals surface area contributed by atoms with E-state index in [2.05, 4.69) is 55.6 Å². The van der Waals surface area contributed by atoms with Gasteiger partial charge >= 0.3 is 0 Å². The average Bonchev–Trinajstić information content (AvgIpc) is 3.32. The molecule has 390 valence electrons. The minimum Gasteiger partial charge on any atom is -0.394 e. The number of aliphatic hydroxyl groups excluding tert-OH is 3. The van der Waals surface area contributed by atoms with Crippen LogP contribution in [0.2, 0.25) is 0 Å². The van der Waals surface area contributed by atoms with Crippen molar-refractivity contribution in [3.63, 3.8) is 0 Å². The molecule has 0 bridgehead atoms. The lowest BCUT2D eigenvalue weighted by Gasteiger charge is -2.26. The summed E-state index contributed by atoms with van der Waals surface area (Å²) in [5.41, 5.74) is 0. The van der Waals surface area contributed by atoms with Crippen molar-refractivity contribution in [3.05, 3.63) is 36.5 Å². The highest BCUT2D eigenvalue weighted by molar-refractivity contribution is 5.76. The van der Waals surface area contributed by atoms with Crippen molar-refractivity contribution in [2.75, 3.05) is 6.61 Å². The van der Waals surface area contributed by atoms with Gasteiger partial charge in [-0.25, -0.2) is 0 Å². The molecule has 0 aliphatic heterocycles. The Morgan fingerprint density at radius 1 is 0.364 bits per heavy atom. The minimum absolute atomic E-state index is 0.155. The van der Waals surface area contributed by atoms with Crippen LogP contribution in [0.4, 0.5) is 0 Å². The summed E-state index contributed by atoms with van der Waals surface area (Å²) < 4.78 is 0. The second-order valence-electron chi connectivity index (χ2n) is 20.5. The summed E-state index contributed by atoms with van der Waals surface area (Å²) >= 11 is 0. The van der Waals surface area contributed by atoms with Crippen molar-refractivity contribution in [3.8, 4) is 0 Å². The van der Waals surface area contributed by atoms with E-state index in [1.54, 1.807) is 0 Å². The Hall–Kier alpha value is -1.43. The summed E-state index contributed by atoms with van der Waals surface area (Å²) in [7, 11) is 0. The summed E-state index contributed by atoms with van der Waals surface area (Å²) in [5, 5.41) is 33.8. The van der Waals surface area contributed by atoms with Crippen LogP contribution in [0.15, 0.2) is 36.5 Å². The van der Waals surface area contributed by atoms with Crippen molar-refractivity contribution >= 4 is 5.91 Å². The lowest BCUT2D eigenvalue weighted by atomic mass is 10.0. The van der Waals surface area contributed by atoms with Gasteiger partial charge in [-0.05, 0) is 77.0 Å². The van der Waals surface area contributed by atoms with Crippen LogP contribution < -0.4 is 5.32 Å². The van der Waals surface area contributed by atoms with Crippen LogP contribution in [0, 0.1) is 0 Å². The molecule has 0 spiro atoms. The average molecular weight is 929 g/mol. The summed E-state index contributed by atoms with van der Waals surface area (Å²) in [6.45, 7) is 4.20. The molecule has 0 saturated carbocycles. The molecule has 0 heterocycles. The molecule has 0 aromatic rings. The van der Waals surface area contributed by atoms with Crippen LogP contribution in [0.25, 0.3) is 0 Å². The van der Waals surface area contributed by atoms with Gasteiger partial charge in [-0.2, -0.15) is 0 Å². The van der Waals surface area contributed by atoms with Gasteiger partial charge in [0, 0.05) is 6.42 Å². The molecule has 1 amide bonds. The van der Waals surface area contributed by atoms with Crippen LogP contribution in [0.3, 0.4) is 0 Å². The zero-order valence-electron chi connectivity index (χ0n) is 44.6. The molecular weight excluding hydrogens is 811 g/mol. The van der Waals surface area contributed by atoms with Gasteiger partial charge in [-0.15, -0.1) is 0 Å². The highest BCUT2D eigenvalue weighted by atomic mass is 16.3. The van der Waals surface area contributed by atoms with Gasteiger partial charge in [0.05, 0.1) is 18.8 Å². The van der Waals surface area contributed by atoms with Crippen LogP contribution in [-0.2, 0) is 4.79 Å². The van der Waals surface area contributed by atoms with E-state index in [0.29, 0.717) is 12.8 Å². The molecular formula is C61H117NO4. The van der Waals surface area contributed by atoms with Crippen molar-refractivity contribution < 1.29 is 20.1 Å². The first kappa shape index (κ1) is 64.6. The van der Waals surface area contributed by atoms with Crippen LogP contribution >= 0.6 is 0 Å². The first-order valence-electron chi connectivity index (χ1n) is 29.8. The molecule has 0 aromatic carbocycles. The van der Waals surface area contributed by atoms with E-state index in [1.807, 2.05) is 0 Å². The van der Waals surface area contributed by atoms with E-state index in [4.69, 9.17) is 0 Å². The summed E-state index contributed by atoms with van der Waals surface area (Å²) in [6, 6.07) is -0.833. The number of rotatable bonds is 55. The zero-order valence-corrected chi connectivity index (χ0v) is 44.6. The van der Waals surface area contributed by atoms with Crippen molar-refractivity contribution in [2.45, 2.75) is 340 Å². The van der Waals surface area contributed by atoms with Gasteiger partial charge < -0.3 is 20.6 Å². The molecule has 0 radical (unpaired) electrons. The fraction of sp³-hybridized carbons (Fsp3) is 0.885. The van der Waals surface area contributed by atoms with Gasteiger partial charge in [0.2, 0.25) is 5.91 Å². The molecule has 66 heavy (non-hydrogen) atoms. The first-order valence-corrected chi connectivity index (χ1v) is 29.8. The first-order chi connectivity index (χ1) is 32.6. The summed E-state index contributed by atoms with van der Waals surface area (Å²) in [4.78, 5) is 12.5. The molecule has 3 atom stereocenters. The number of unbranched alkanes of at least 4 members (excludes halogenated alkanes) is 41. The van der Waals surface area contributed by atoms with E-state index in [-0.39, 0.29) is 12.5 Å². The topological polar surface area (TPSA) is 89.8 Å². The van der Waals surface area contributed by atoms with Crippen LogP contribution in [0.5, 0.6) is 0 Å². The van der Waals surface area contributed by atoms with Gasteiger partial charge in [0.1, 0.15) is 6.10 Å². The third-order valence-corrected chi connectivity index (χ3v) is 13.9. The van der Waals surface area contributed by atoms with Gasteiger partial charge in [0.15, 0.2) is 0 Å². The lowest BCUT2D eigenvalue weighted by Crippen LogP contribution is -2.50. The van der Waals surface area contributed by atoms with E-state index in [0.717, 1.165) is 44.9 Å². The second kappa shape index (κ2) is 56.2. The Kier molecular flexibility index (Phi) is 54.9. The monoisotopic (exact) mass is 928 g/mol. The maximum Gasteiger partial charge on any atom is 0.220 e. The summed E-state index contributed by atoms with van der Waals surface area (Å²) in [6.07, 6.45) is 73.2. The number of hydrogen-bond donors (Lipinski definition) is 4. The molecule has 3 unspecified atom stereocenters. The number of carbonyl (C=O) groups excluding carboxylic acids is 1. The van der Waals surface area contributed by atoms with E-state index in [1.165, 1.54) is 250 Å². The predicted octanol–water partition coefficient (Wildman–Crippen LogP) is 18.6. The molecule has 0 saturated heterocycles. The van der Waals surface area contributed by atoms with Crippen molar-refractivity contribution in [1.29, 1.82) is 0 Å². The summed E-state index contributed by atoms with van der Waals surface area (Å²) in [5.74, 6) is -0.155. The Labute approximate surface area is 413 Å². The fourth-order valence-corrected chi connectivity index (χ4v) is 9.35. The SMILES string of the molecule is CCCCCCCCCCCCCC/C=C\CCCCCCCCCCCCCCC(=O)NC(CO)C(O)C(O)CCC/C=C/CC/C=C/CCCCCCCCCCCCCCCCC. The minimum atomic E-state index is -1.17. The standard InChI is InChI=1S/C61H117NO4/c1-3-5-7-9-11-13-15-17-19-21-23-25-27-29-30-31-32-34-36-38-40-42-44-46-48-50-52-54-56-60(65)62-58(57-63)61(66)59(64)55-53-51-49-47-45-43-41-39-37-35-33-28-26-24-22-20-18-16-14-12-10-8-6-4-2/h29-30,39,41,47,49,58-59,61,63-64,66H,3-28,31-38,40,42-46,48,50-57H2,1-2H3,(H,62,65)/b30-29-,41-39+,49-47+. The van der Waals surface area contributed by atoms with E-state index >= 15 is 0 Å². The number of hydrogen-bond acceptors (Lipinski definition) is 4. The third-order valence-electron chi connectivity index (χ3n) is 13.9. The Bertz CT molecular complexity index is 1020. The number of carbonyl (C=O) groups is 1. The molecule has 0 aliphatic carbocycles. The lowest BCUT2D eigenvalue weighted by molar-refractivity contribution is -0.124. The highest BCUT2D eigenvalue weighted by Crippen LogP contribution is 2.17. The van der Waals surface area contributed by atoms with Crippen LogP contribution in [0.1, 0.15) is 322 Å². The zero-order chi connectivity index (χ0) is 47.9.